The summed E-state index contributed by atoms with van der Waals surface area (Å²) >= 11 is 0. The lowest BCUT2D eigenvalue weighted by Gasteiger charge is -2.31. The highest BCUT2D eigenvalue weighted by molar-refractivity contribution is 7.89. The third kappa shape index (κ3) is 5.20. The number of imide groups is 1. The Labute approximate surface area is 179 Å². The lowest BCUT2D eigenvalue weighted by molar-refractivity contribution is -0.137. The van der Waals surface area contributed by atoms with Gasteiger partial charge in [-0.25, -0.2) is 22.8 Å². The van der Waals surface area contributed by atoms with Crippen LogP contribution in [0.25, 0.3) is 0 Å². The first-order valence-electron chi connectivity index (χ1n) is 10.1. The highest BCUT2D eigenvalue weighted by Gasteiger charge is 2.43. The molecule has 172 valence electrons. The van der Waals surface area contributed by atoms with E-state index < -0.39 is 39.8 Å². The van der Waals surface area contributed by atoms with E-state index in [-0.39, 0.29) is 29.4 Å². The van der Waals surface area contributed by atoms with E-state index >= 15 is 0 Å². The second-order valence-corrected chi connectivity index (χ2v) is 10.0. The molecule has 1 atom stereocenters. The minimum atomic E-state index is -4.54. The van der Waals surface area contributed by atoms with Gasteiger partial charge in [0.05, 0.1) is 16.5 Å². The average Bonchev–Trinajstić information content (AvgIpc) is 3.09. The summed E-state index contributed by atoms with van der Waals surface area (Å²) in [5, 5.41) is 0. The molecule has 0 aromatic heterocycles. The number of hydrogen-bond donors (Lipinski definition) is 1. The van der Waals surface area contributed by atoms with E-state index in [9.17, 15) is 31.2 Å². The van der Waals surface area contributed by atoms with Crippen LogP contribution in [0.3, 0.4) is 0 Å². The number of sulfonamides is 1. The molecule has 1 unspecified atom stereocenters. The van der Waals surface area contributed by atoms with Crippen molar-refractivity contribution in [3.05, 3.63) is 29.8 Å². The minimum absolute atomic E-state index is 0.0577. The fraction of sp³-hybridized carbons (Fsp3) is 0.600. The first-order valence-corrected chi connectivity index (χ1v) is 11.6. The van der Waals surface area contributed by atoms with Crippen molar-refractivity contribution in [2.45, 2.75) is 62.7 Å². The largest absolute Gasteiger partial charge is 0.447 e. The van der Waals surface area contributed by atoms with Gasteiger partial charge in [0.1, 0.15) is 6.61 Å². The number of amides is 2. The van der Waals surface area contributed by atoms with Crippen molar-refractivity contribution in [3.8, 4) is 0 Å². The molecule has 1 aromatic rings. The Morgan fingerprint density at radius 3 is 2.23 bits per heavy atom. The number of carbonyl (C=O) groups excluding carboxylic acids is 2. The van der Waals surface area contributed by atoms with Crippen LogP contribution >= 0.6 is 0 Å². The van der Waals surface area contributed by atoms with Gasteiger partial charge in [0.25, 0.3) is 0 Å². The maximum absolute atomic E-state index is 12.8. The molecule has 1 N–H and O–H groups in total. The number of cyclic esters (lactones) is 1. The third-order valence-corrected chi connectivity index (χ3v) is 7.34. The summed E-state index contributed by atoms with van der Waals surface area (Å²) < 4.78 is 70.6. The van der Waals surface area contributed by atoms with Gasteiger partial charge in [-0.1, -0.05) is 13.8 Å². The number of rotatable bonds is 5. The van der Waals surface area contributed by atoms with Gasteiger partial charge in [0.2, 0.25) is 15.9 Å². The summed E-state index contributed by atoms with van der Waals surface area (Å²) in [4.78, 5) is 25.8. The molecular formula is C20H25F3N2O5S. The smallest absolute Gasteiger partial charge is 0.416 e. The van der Waals surface area contributed by atoms with E-state index in [0.717, 1.165) is 24.3 Å². The van der Waals surface area contributed by atoms with Crippen LogP contribution in [0, 0.1) is 11.8 Å². The Hall–Kier alpha value is -2.14. The molecule has 0 radical (unpaired) electrons. The van der Waals surface area contributed by atoms with Crippen LogP contribution in [0.4, 0.5) is 18.0 Å². The van der Waals surface area contributed by atoms with E-state index in [1.165, 1.54) is 4.90 Å². The summed E-state index contributed by atoms with van der Waals surface area (Å²) in [5.74, 6) is -0.647. The zero-order valence-electron chi connectivity index (χ0n) is 17.2. The molecule has 2 fully saturated rings. The number of halogens is 3. The molecule has 1 aliphatic heterocycles. The van der Waals surface area contributed by atoms with E-state index in [1.54, 1.807) is 0 Å². The molecule has 3 rings (SSSR count). The van der Waals surface area contributed by atoms with Crippen LogP contribution in [0.15, 0.2) is 29.2 Å². The van der Waals surface area contributed by atoms with Crippen LogP contribution < -0.4 is 4.72 Å². The summed E-state index contributed by atoms with van der Waals surface area (Å²) in [5.41, 5.74) is -0.925. The summed E-state index contributed by atoms with van der Waals surface area (Å²) in [6.45, 7) is 3.98. The second kappa shape index (κ2) is 8.78. The molecular weight excluding hydrogens is 437 g/mol. The van der Waals surface area contributed by atoms with E-state index in [4.69, 9.17) is 4.74 Å². The SMILES string of the molecule is CC(C)C1COC(=O)N1C(=O)C1CCC(NS(=O)(=O)c2ccc(C(F)(F)F)cc2)CC1. The Bertz CT molecular complexity index is 923. The molecule has 0 spiro atoms. The van der Waals surface area contributed by atoms with Gasteiger partial charge in [0.15, 0.2) is 0 Å². The standard InChI is InChI=1S/C20H25F3N2O5S/c1-12(2)17-11-30-19(27)25(17)18(26)13-3-7-15(8-4-13)24-31(28,29)16-9-5-14(6-10-16)20(21,22)23/h5-6,9-10,12-13,15,17,24H,3-4,7-8,11H2,1-2H3. The Balaban J connectivity index is 1.59. The van der Waals surface area contributed by atoms with Crippen molar-refractivity contribution < 1.29 is 35.9 Å². The predicted molar refractivity (Wildman–Crippen MR) is 104 cm³/mol. The number of benzene rings is 1. The van der Waals surface area contributed by atoms with Crippen molar-refractivity contribution in [3.63, 3.8) is 0 Å². The summed E-state index contributed by atoms with van der Waals surface area (Å²) in [6.07, 6.45) is -3.64. The number of alkyl halides is 3. The first-order chi connectivity index (χ1) is 14.4. The number of nitrogens with one attached hydrogen (secondary N) is 1. The van der Waals surface area contributed by atoms with Gasteiger partial charge in [-0.3, -0.25) is 4.79 Å². The van der Waals surface area contributed by atoms with E-state index in [0.29, 0.717) is 25.7 Å². The average molecular weight is 462 g/mol. The fourth-order valence-electron chi connectivity index (χ4n) is 3.95. The minimum Gasteiger partial charge on any atom is -0.447 e. The Morgan fingerprint density at radius 1 is 1.13 bits per heavy atom. The van der Waals surface area contributed by atoms with Gasteiger partial charge in [0, 0.05) is 12.0 Å². The lowest BCUT2D eigenvalue weighted by Crippen LogP contribution is -2.47. The highest BCUT2D eigenvalue weighted by atomic mass is 32.2. The van der Waals surface area contributed by atoms with Crippen LogP contribution in [0.1, 0.15) is 45.1 Å². The topological polar surface area (TPSA) is 92.8 Å². The van der Waals surface area contributed by atoms with Crippen LogP contribution in [0.5, 0.6) is 0 Å². The van der Waals surface area contributed by atoms with Gasteiger partial charge in [-0.2, -0.15) is 13.2 Å². The Morgan fingerprint density at radius 2 is 1.71 bits per heavy atom. The molecule has 1 heterocycles. The normalized spacial score (nSPS) is 25.0. The summed E-state index contributed by atoms with van der Waals surface area (Å²) in [7, 11) is -3.99. The third-order valence-electron chi connectivity index (χ3n) is 5.80. The molecule has 1 aliphatic carbocycles. The van der Waals surface area contributed by atoms with E-state index in [1.807, 2.05) is 13.8 Å². The molecule has 0 bridgehead atoms. The van der Waals surface area contributed by atoms with Crippen molar-refractivity contribution >= 4 is 22.0 Å². The molecule has 1 saturated carbocycles. The van der Waals surface area contributed by atoms with Crippen LogP contribution in [0.2, 0.25) is 0 Å². The molecule has 1 saturated heterocycles. The zero-order valence-corrected chi connectivity index (χ0v) is 18.0. The molecule has 31 heavy (non-hydrogen) atoms. The van der Waals surface area contributed by atoms with Crippen molar-refractivity contribution in [1.29, 1.82) is 0 Å². The van der Waals surface area contributed by atoms with Crippen LogP contribution in [-0.2, 0) is 25.7 Å². The van der Waals surface area contributed by atoms with Crippen molar-refractivity contribution in [1.82, 2.24) is 9.62 Å². The Kier molecular flexibility index (Phi) is 6.66. The molecule has 11 heteroatoms. The van der Waals surface area contributed by atoms with Crippen molar-refractivity contribution in [2.24, 2.45) is 11.8 Å². The quantitative estimate of drug-likeness (QED) is 0.723. The monoisotopic (exact) mass is 462 g/mol. The van der Waals surface area contributed by atoms with Gasteiger partial charge in [-0.15, -0.1) is 0 Å². The van der Waals surface area contributed by atoms with Gasteiger partial charge < -0.3 is 4.74 Å². The lowest BCUT2D eigenvalue weighted by atomic mass is 9.85. The molecule has 1 aromatic carbocycles. The predicted octanol–water partition coefficient (Wildman–Crippen LogP) is 3.55. The fourth-order valence-corrected chi connectivity index (χ4v) is 5.25. The molecule has 2 amide bonds. The first kappa shape index (κ1) is 23.5. The number of nitrogens with zero attached hydrogens (tertiary/aromatic N) is 1. The number of carbonyl (C=O) groups is 2. The number of ether oxygens (including phenoxy) is 1. The van der Waals surface area contributed by atoms with Crippen molar-refractivity contribution in [2.75, 3.05) is 6.61 Å². The summed E-state index contributed by atoms with van der Waals surface area (Å²) in [6, 6.07) is 2.55. The van der Waals surface area contributed by atoms with Crippen LogP contribution in [-0.4, -0.2) is 44.0 Å². The molecule has 2 aliphatic rings. The molecule has 7 nitrogen and oxygen atoms in total. The van der Waals surface area contributed by atoms with E-state index in [2.05, 4.69) is 4.72 Å². The second-order valence-electron chi connectivity index (χ2n) is 8.29. The zero-order chi connectivity index (χ0) is 23.0. The number of hydrogen-bond acceptors (Lipinski definition) is 5. The van der Waals surface area contributed by atoms with Gasteiger partial charge in [-0.05, 0) is 55.9 Å². The highest BCUT2D eigenvalue weighted by Crippen LogP contribution is 2.32. The maximum Gasteiger partial charge on any atom is 0.416 e. The maximum atomic E-state index is 12.8. The van der Waals surface area contributed by atoms with Gasteiger partial charge >= 0.3 is 12.3 Å².